The molecule has 4 heteroatoms. The number of nitriles is 1. The zero-order valence-electron chi connectivity index (χ0n) is 12.4. The lowest BCUT2D eigenvalue weighted by atomic mass is 10.0. The van der Waals surface area contributed by atoms with E-state index in [1.165, 1.54) is 0 Å². The lowest BCUT2D eigenvalue weighted by Crippen LogP contribution is -1.99. The predicted molar refractivity (Wildman–Crippen MR) is 91.6 cm³/mol. The van der Waals surface area contributed by atoms with Gasteiger partial charge in [0.2, 0.25) is 0 Å². The van der Waals surface area contributed by atoms with Gasteiger partial charge in [0.15, 0.2) is 0 Å². The van der Waals surface area contributed by atoms with E-state index in [4.69, 9.17) is 5.73 Å². The summed E-state index contributed by atoms with van der Waals surface area (Å²) in [5, 5.41) is 11.5. The van der Waals surface area contributed by atoms with Crippen LogP contribution in [-0.4, -0.2) is 4.98 Å². The van der Waals surface area contributed by atoms with Gasteiger partial charge in [-0.25, -0.2) is 4.98 Å². The number of aryl methyl sites for hydroxylation is 2. The Balaban J connectivity index is 2.26. The van der Waals surface area contributed by atoms with Crippen molar-refractivity contribution in [2.75, 3.05) is 5.73 Å². The maximum atomic E-state index is 9.43. The predicted octanol–water partition coefficient (Wildman–Crippen LogP) is 4.55. The minimum Gasteiger partial charge on any atom is -0.383 e. The molecule has 0 aliphatic heterocycles. The second kappa shape index (κ2) is 5.63. The number of nitrogens with zero attached hydrogens (tertiary/aromatic N) is 2. The lowest BCUT2D eigenvalue weighted by Gasteiger charge is -2.10. The summed E-state index contributed by atoms with van der Waals surface area (Å²) >= 11 is 1.61. The summed E-state index contributed by atoms with van der Waals surface area (Å²) < 4.78 is 0. The third-order valence-electron chi connectivity index (χ3n) is 3.58. The summed E-state index contributed by atoms with van der Waals surface area (Å²) in [4.78, 5) is 5.48. The van der Waals surface area contributed by atoms with Crippen molar-refractivity contribution in [3.05, 3.63) is 58.5 Å². The SMILES string of the molecule is Cc1cccc(-c2cc(-c3sccc3C)c(C#N)c(N)n2)c1. The van der Waals surface area contributed by atoms with Crippen LogP contribution in [0.4, 0.5) is 5.82 Å². The molecule has 2 heterocycles. The number of rotatable bonds is 2. The molecule has 0 saturated carbocycles. The fourth-order valence-electron chi connectivity index (χ4n) is 2.46. The molecule has 2 N–H and O–H groups in total. The van der Waals surface area contributed by atoms with Crippen molar-refractivity contribution in [3.63, 3.8) is 0 Å². The van der Waals surface area contributed by atoms with E-state index in [2.05, 4.69) is 17.1 Å². The van der Waals surface area contributed by atoms with Crippen LogP contribution in [0.1, 0.15) is 16.7 Å². The van der Waals surface area contributed by atoms with Crippen LogP contribution in [0.15, 0.2) is 41.8 Å². The molecule has 0 radical (unpaired) electrons. The van der Waals surface area contributed by atoms with Crippen molar-refractivity contribution < 1.29 is 0 Å². The fraction of sp³-hybridized carbons (Fsp3) is 0.111. The van der Waals surface area contributed by atoms with E-state index in [-0.39, 0.29) is 5.82 Å². The van der Waals surface area contributed by atoms with Crippen LogP contribution in [0.25, 0.3) is 21.7 Å². The maximum Gasteiger partial charge on any atom is 0.142 e. The summed E-state index contributed by atoms with van der Waals surface area (Å²) in [6, 6.07) is 14.3. The highest BCUT2D eigenvalue weighted by molar-refractivity contribution is 7.13. The molecular formula is C18H15N3S. The Kier molecular flexibility index (Phi) is 3.66. The average molecular weight is 305 g/mol. The number of nitrogen functional groups attached to an aromatic ring is 1. The van der Waals surface area contributed by atoms with Gasteiger partial charge in [-0.1, -0.05) is 23.8 Å². The summed E-state index contributed by atoms with van der Waals surface area (Å²) in [5.41, 5.74) is 11.4. The summed E-state index contributed by atoms with van der Waals surface area (Å²) in [6.07, 6.45) is 0. The fourth-order valence-corrected chi connectivity index (χ4v) is 3.41. The van der Waals surface area contributed by atoms with E-state index >= 15 is 0 Å². The summed E-state index contributed by atoms with van der Waals surface area (Å²) in [6.45, 7) is 4.08. The topological polar surface area (TPSA) is 62.7 Å². The lowest BCUT2D eigenvalue weighted by molar-refractivity contribution is 1.30. The van der Waals surface area contributed by atoms with E-state index in [9.17, 15) is 5.26 Å². The molecule has 0 spiro atoms. The smallest absolute Gasteiger partial charge is 0.142 e. The van der Waals surface area contributed by atoms with Crippen LogP contribution >= 0.6 is 11.3 Å². The molecule has 0 aliphatic rings. The van der Waals surface area contributed by atoms with Crippen molar-refractivity contribution in [2.24, 2.45) is 0 Å². The second-order valence-corrected chi connectivity index (χ2v) is 6.15. The molecule has 108 valence electrons. The Labute approximate surface area is 133 Å². The molecule has 1 aromatic carbocycles. The Bertz CT molecular complexity index is 888. The number of benzene rings is 1. The quantitative estimate of drug-likeness (QED) is 0.755. The van der Waals surface area contributed by atoms with Crippen LogP contribution in [0.3, 0.4) is 0 Å². The zero-order chi connectivity index (χ0) is 15.7. The van der Waals surface area contributed by atoms with Crippen LogP contribution in [0.5, 0.6) is 0 Å². The van der Waals surface area contributed by atoms with Gasteiger partial charge in [-0.2, -0.15) is 5.26 Å². The number of hydrogen-bond donors (Lipinski definition) is 1. The van der Waals surface area contributed by atoms with Gasteiger partial charge in [0.05, 0.1) is 5.69 Å². The van der Waals surface area contributed by atoms with Crippen molar-refractivity contribution >= 4 is 17.2 Å². The molecule has 0 bridgehead atoms. The third kappa shape index (κ3) is 2.47. The largest absolute Gasteiger partial charge is 0.383 e. The minimum absolute atomic E-state index is 0.282. The average Bonchev–Trinajstić information content (AvgIpc) is 2.92. The normalized spacial score (nSPS) is 10.4. The number of aromatic nitrogens is 1. The van der Waals surface area contributed by atoms with Crippen molar-refractivity contribution in [1.82, 2.24) is 4.98 Å². The Hall–Kier alpha value is -2.64. The number of nitrogens with two attached hydrogens (primary N) is 1. The zero-order valence-corrected chi connectivity index (χ0v) is 13.2. The standard InChI is InChI=1S/C18H15N3S/c1-11-4-3-5-13(8-11)16-9-14(15(10-19)18(20)21-16)17-12(2)6-7-22-17/h3-9H,1-2H3,(H2,20,21). The first-order valence-electron chi connectivity index (χ1n) is 6.92. The van der Waals surface area contributed by atoms with Gasteiger partial charge in [-0.15, -0.1) is 11.3 Å². The van der Waals surface area contributed by atoms with Gasteiger partial charge in [-0.3, -0.25) is 0 Å². The minimum atomic E-state index is 0.282. The molecule has 3 nitrogen and oxygen atoms in total. The summed E-state index contributed by atoms with van der Waals surface area (Å²) in [5.74, 6) is 0.282. The van der Waals surface area contributed by atoms with Gasteiger partial charge in [0, 0.05) is 16.0 Å². The summed E-state index contributed by atoms with van der Waals surface area (Å²) in [7, 11) is 0. The van der Waals surface area contributed by atoms with Crippen LogP contribution in [-0.2, 0) is 0 Å². The molecule has 0 atom stereocenters. The number of anilines is 1. The highest BCUT2D eigenvalue weighted by Gasteiger charge is 2.15. The number of hydrogen-bond acceptors (Lipinski definition) is 4. The highest BCUT2D eigenvalue weighted by atomic mass is 32.1. The van der Waals surface area contributed by atoms with Crippen LogP contribution < -0.4 is 5.73 Å². The molecule has 3 aromatic rings. The monoisotopic (exact) mass is 305 g/mol. The molecule has 0 aliphatic carbocycles. The van der Waals surface area contributed by atoms with Crippen LogP contribution in [0, 0.1) is 25.2 Å². The highest BCUT2D eigenvalue weighted by Crippen LogP contribution is 2.36. The van der Waals surface area contributed by atoms with E-state index in [1.807, 2.05) is 49.6 Å². The molecule has 0 amide bonds. The van der Waals surface area contributed by atoms with E-state index in [0.29, 0.717) is 5.56 Å². The van der Waals surface area contributed by atoms with Gasteiger partial charge >= 0.3 is 0 Å². The third-order valence-corrected chi connectivity index (χ3v) is 4.63. The van der Waals surface area contributed by atoms with Crippen molar-refractivity contribution in [2.45, 2.75) is 13.8 Å². The molecule has 0 saturated heterocycles. The molecule has 3 rings (SSSR count). The molecular weight excluding hydrogens is 290 g/mol. The van der Waals surface area contributed by atoms with Gasteiger partial charge in [0.25, 0.3) is 0 Å². The number of pyridine rings is 1. The molecule has 2 aromatic heterocycles. The second-order valence-electron chi connectivity index (χ2n) is 5.23. The maximum absolute atomic E-state index is 9.43. The Morgan fingerprint density at radius 2 is 2.00 bits per heavy atom. The van der Waals surface area contributed by atoms with E-state index in [0.717, 1.165) is 32.8 Å². The van der Waals surface area contributed by atoms with E-state index in [1.54, 1.807) is 11.3 Å². The van der Waals surface area contributed by atoms with Gasteiger partial charge in [0.1, 0.15) is 17.5 Å². The van der Waals surface area contributed by atoms with Crippen molar-refractivity contribution in [3.8, 4) is 27.8 Å². The van der Waals surface area contributed by atoms with Gasteiger partial charge in [-0.05, 0) is 43.0 Å². The first-order chi connectivity index (χ1) is 10.6. The molecule has 0 fully saturated rings. The van der Waals surface area contributed by atoms with Crippen molar-refractivity contribution in [1.29, 1.82) is 5.26 Å². The molecule has 0 unspecified atom stereocenters. The van der Waals surface area contributed by atoms with Crippen LogP contribution in [0.2, 0.25) is 0 Å². The van der Waals surface area contributed by atoms with E-state index < -0.39 is 0 Å². The number of thiophene rings is 1. The first-order valence-corrected chi connectivity index (χ1v) is 7.80. The van der Waals surface area contributed by atoms with Gasteiger partial charge < -0.3 is 5.73 Å². The Morgan fingerprint density at radius 3 is 2.64 bits per heavy atom. The molecule has 22 heavy (non-hydrogen) atoms. The Morgan fingerprint density at radius 1 is 1.18 bits per heavy atom. The first kappa shape index (κ1) is 14.3.